The normalized spacial score (nSPS) is 22.5. The molecule has 118 valence electrons. The number of aromatic nitrogens is 1. The number of sulfonamides is 1. The Hall–Kier alpha value is -1.29. The van der Waals surface area contributed by atoms with Crippen LogP contribution < -0.4 is 20.5 Å². The second-order valence-corrected chi connectivity index (χ2v) is 6.80. The van der Waals surface area contributed by atoms with Gasteiger partial charge < -0.3 is 20.8 Å². The first-order valence-corrected chi connectivity index (χ1v) is 7.81. The second-order valence-electron chi connectivity index (χ2n) is 5.15. The maximum Gasteiger partial charge on any atom is 0.269 e. The molecule has 0 aromatic carbocycles. The summed E-state index contributed by atoms with van der Waals surface area (Å²) in [7, 11) is -3.74. The third-order valence-electron chi connectivity index (χ3n) is 3.74. The summed E-state index contributed by atoms with van der Waals surface area (Å²) in [6, 6.07) is 0. The summed E-state index contributed by atoms with van der Waals surface area (Å²) in [5.41, 5.74) is 4.57. The molecule has 1 fully saturated rings. The van der Waals surface area contributed by atoms with Crippen molar-refractivity contribution in [2.45, 2.75) is 23.3 Å². The molecule has 21 heavy (non-hydrogen) atoms. The molecule has 3 rings (SSSR count). The summed E-state index contributed by atoms with van der Waals surface area (Å²) >= 11 is 0. The van der Waals surface area contributed by atoms with Crippen LogP contribution in [0.15, 0.2) is 11.1 Å². The molecule has 1 spiro atoms. The quantitative estimate of drug-likeness (QED) is 0.541. The number of hydrogen-bond acceptors (Lipinski definition) is 5. The van der Waals surface area contributed by atoms with E-state index in [1.165, 1.54) is 6.20 Å². The molecule has 0 aliphatic carbocycles. The van der Waals surface area contributed by atoms with E-state index >= 15 is 0 Å². The molecule has 1 amide bonds. The van der Waals surface area contributed by atoms with Gasteiger partial charge in [0.1, 0.15) is 17.2 Å². The van der Waals surface area contributed by atoms with Crippen molar-refractivity contribution in [3.63, 3.8) is 0 Å². The summed E-state index contributed by atoms with van der Waals surface area (Å²) in [5.74, 6) is -0.733. The highest BCUT2D eigenvalue weighted by Crippen LogP contribution is 2.34. The lowest BCUT2D eigenvalue weighted by atomic mass is 9.90. The van der Waals surface area contributed by atoms with Gasteiger partial charge in [-0.3, -0.25) is 4.79 Å². The van der Waals surface area contributed by atoms with Crippen molar-refractivity contribution in [1.82, 2.24) is 15.0 Å². The van der Waals surface area contributed by atoms with Crippen LogP contribution in [-0.4, -0.2) is 44.5 Å². The van der Waals surface area contributed by atoms with Crippen molar-refractivity contribution in [1.29, 1.82) is 0 Å². The van der Waals surface area contributed by atoms with E-state index in [4.69, 9.17) is 10.5 Å². The van der Waals surface area contributed by atoms with Crippen LogP contribution in [0.25, 0.3) is 0 Å². The van der Waals surface area contributed by atoms with Gasteiger partial charge in [-0.1, -0.05) is 0 Å². The predicted molar refractivity (Wildman–Crippen MR) is 77.2 cm³/mol. The number of fused-ring (bicyclic) bond motifs is 1. The number of piperidine rings is 1. The monoisotopic (exact) mass is 336 g/mol. The van der Waals surface area contributed by atoms with Gasteiger partial charge in [-0.25, -0.2) is 13.1 Å². The first-order valence-electron chi connectivity index (χ1n) is 6.32. The fourth-order valence-electron chi connectivity index (χ4n) is 2.65. The number of rotatable bonds is 1. The van der Waals surface area contributed by atoms with Crippen LogP contribution in [0, 0.1) is 0 Å². The smallest absolute Gasteiger partial charge is 0.269 e. The molecule has 0 radical (unpaired) electrons. The van der Waals surface area contributed by atoms with E-state index in [9.17, 15) is 13.2 Å². The Labute approximate surface area is 128 Å². The molecule has 0 atom stereocenters. The average Bonchev–Trinajstić information content (AvgIpc) is 2.78. The zero-order valence-electron chi connectivity index (χ0n) is 11.1. The van der Waals surface area contributed by atoms with Gasteiger partial charge in [-0.05, 0) is 25.9 Å². The van der Waals surface area contributed by atoms with Crippen molar-refractivity contribution < 1.29 is 17.9 Å². The molecule has 0 unspecified atom stereocenters. The molecular formula is C11H17ClN4O4S. The Balaban J connectivity index is 0.00000161. The minimum absolute atomic E-state index is 0. The van der Waals surface area contributed by atoms with Gasteiger partial charge in [-0.2, -0.15) is 0 Å². The standard InChI is InChI=1S/C11H16N4O4S.ClH/c12-10(16)8-9-7(5-14-8)20(17,18)15-11(6-19-9)1-3-13-4-2-11;/h5,13-15H,1-4,6H2,(H2,12,16);1H. The van der Waals surface area contributed by atoms with Crippen LogP contribution in [0.1, 0.15) is 23.3 Å². The van der Waals surface area contributed by atoms with Crippen molar-refractivity contribution in [3.05, 3.63) is 11.9 Å². The first kappa shape index (κ1) is 16.1. The van der Waals surface area contributed by atoms with Crippen LogP contribution in [0.3, 0.4) is 0 Å². The SMILES string of the molecule is Cl.NC(=O)c1[nH]cc2c1OCC1(CCNCC1)NS2(=O)=O. The third kappa shape index (κ3) is 2.73. The molecule has 10 heteroatoms. The lowest BCUT2D eigenvalue weighted by Gasteiger charge is -2.35. The Morgan fingerprint density at radius 3 is 2.62 bits per heavy atom. The largest absolute Gasteiger partial charge is 0.488 e. The third-order valence-corrected chi connectivity index (χ3v) is 5.32. The zero-order valence-corrected chi connectivity index (χ0v) is 12.8. The number of H-pyrrole nitrogens is 1. The molecular weight excluding hydrogens is 320 g/mol. The van der Waals surface area contributed by atoms with E-state index in [1.807, 2.05) is 0 Å². The van der Waals surface area contributed by atoms with Gasteiger partial charge in [0.05, 0.1) is 5.54 Å². The van der Waals surface area contributed by atoms with E-state index in [-0.39, 0.29) is 35.4 Å². The number of hydrogen-bond donors (Lipinski definition) is 4. The second kappa shape index (κ2) is 5.48. The van der Waals surface area contributed by atoms with Gasteiger partial charge in [0.25, 0.3) is 5.91 Å². The fraction of sp³-hybridized carbons (Fsp3) is 0.545. The summed E-state index contributed by atoms with van der Waals surface area (Å²) < 4.78 is 33.2. The number of aromatic amines is 1. The van der Waals surface area contributed by atoms with Crippen LogP contribution >= 0.6 is 12.4 Å². The number of nitrogens with one attached hydrogen (secondary N) is 3. The van der Waals surface area contributed by atoms with Crippen molar-refractivity contribution in [3.8, 4) is 5.75 Å². The van der Waals surface area contributed by atoms with Crippen LogP contribution in [0.2, 0.25) is 0 Å². The summed E-state index contributed by atoms with van der Waals surface area (Å²) in [6.07, 6.45) is 2.50. The number of ether oxygens (including phenoxy) is 1. The zero-order chi connectivity index (χ0) is 14.4. The van der Waals surface area contributed by atoms with Crippen LogP contribution in [0.4, 0.5) is 0 Å². The van der Waals surface area contributed by atoms with Gasteiger partial charge in [0, 0.05) is 6.20 Å². The average molecular weight is 337 g/mol. The van der Waals surface area contributed by atoms with E-state index in [2.05, 4.69) is 15.0 Å². The van der Waals surface area contributed by atoms with E-state index < -0.39 is 21.5 Å². The van der Waals surface area contributed by atoms with Gasteiger partial charge in [0.2, 0.25) is 10.0 Å². The van der Waals surface area contributed by atoms with Gasteiger partial charge >= 0.3 is 0 Å². The Morgan fingerprint density at radius 2 is 2.00 bits per heavy atom. The molecule has 1 saturated heterocycles. The molecule has 1 aromatic rings. The molecule has 1 aromatic heterocycles. The number of carbonyl (C=O) groups excluding carboxylic acids is 1. The van der Waals surface area contributed by atoms with Crippen molar-refractivity contribution >= 4 is 28.3 Å². The molecule has 8 nitrogen and oxygen atoms in total. The molecule has 0 saturated carbocycles. The Bertz CT molecular complexity index is 651. The molecule has 2 aliphatic heterocycles. The summed E-state index contributed by atoms with van der Waals surface area (Å²) in [4.78, 5) is 13.8. The predicted octanol–water partition coefficient (Wildman–Crippen LogP) is -0.672. The Kier molecular flexibility index (Phi) is 4.20. The maximum atomic E-state index is 12.4. The highest BCUT2D eigenvalue weighted by molar-refractivity contribution is 7.89. The highest BCUT2D eigenvalue weighted by Gasteiger charge is 2.42. The van der Waals surface area contributed by atoms with Crippen LogP contribution in [-0.2, 0) is 10.0 Å². The number of primary amides is 1. The summed E-state index contributed by atoms with van der Waals surface area (Å²) in [6.45, 7) is 1.61. The topological polar surface area (TPSA) is 126 Å². The number of carbonyl (C=O) groups is 1. The summed E-state index contributed by atoms with van der Waals surface area (Å²) in [5, 5.41) is 3.18. The Morgan fingerprint density at radius 1 is 1.33 bits per heavy atom. The van der Waals surface area contributed by atoms with E-state index in [1.54, 1.807) is 0 Å². The number of nitrogens with two attached hydrogens (primary N) is 1. The number of amides is 1. The van der Waals surface area contributed by atoms with E-state index in [0.717, 1.165) is 0 Å². The molecule has 0 bridgehead atoms. The minimum Gasteiger partial charge on any atom is -0.488 e. The number of halogens is 1. The van der Waals surface area contributed by atoms with Gasteiger partial charge in [-0.15, -0.1) is 12.4 Å². The first-order chi connectivity index (χ1) is 9.44. The minimum atomic E-state index is -3.74. The highest BCUT2D eigenvalue weighted by atomic mass is 35.5. The van der Waals surface area contributed by atoms with Crippen molar-refractivity contribution in [2.75, 3.05) is 19.7 Å². The van der Waals surface area contributed by atoms with Gasteiger partial charge in [0.15, 0.2) is 5.75 Å². The lowest BCUT2D eigenvalue weighted by molar-refractivity contribution is 0.0987. The lowest BCUT2D eigenvalue weighted by Crippen LogP contribution is -2.56. The molecule has 5 N–H and O–H groups in total. The molecule has 3 heterocycles. The molecule has 2 aliphatic rings. The van der Waals surface area contributed by atoms with Crippen LogP contribution in [0.5, 0.6) is 5.75 Å². The van der Waals surface area contributed by atoms with Crippen molar-refractivity contribution in [2.24, 2.45) is 5.73 Å². The maximum absolute atomic E-state index is 12.4. The fourth-order valence-corrected chi connectivity index (χ4v) is 4.21. The van der Waals surface area contributed by atoms with E-state index in [0.29, 0.717) is 25.9 Å².